The number of nitrogens with zero attached hydrogens (tertiary/aromatic N) is 2. The Kier molecular flexibility index (Phi) is 5.93. The summed E-state index contributed by atoms with van der Waals surface area (Å²) in [7, 11) is -1.89. The normalized spacial score (nSPS) is 23.3. The molecule has 0 saturated carbocycles. The zero-order chi connectivity index (χ0) is 17.1. The van der Waals surface area contributed by atoms with Crippen molar-refractivity contribution in [2.75, 3.05) is 32.7 Å². The predicted octanol–water partition coefficient (Wildman–Crippen LogP) is 2.71. The van der Waals surface area contributed by atoms with Gasteiger partial charge in [-0.3, -0.25) is 9.69 Å². The number of hydrogen-bond donors (Lipinski definition) is 0. The highest BCUT2D eigenvalue weighted by molar-refractivity contribution is 6.74. The fourth-order valence-corrected chi connectivity index (χ4v) is 4.05. The van der Waals surface area contributed by atoms with Crippen molar-refractivity contribution in [1.82, 2.24) is 9.80 Å². The molecule has 0 radical (unpaired) electrons. The van der Waals surface area contributed by atoms with Crippen LogP contribution in [-0.4, -0.2) is 62.9 Å². The number of rotatable bonds is 4. The molecule has 2 saturated heterocycles. The third-order valence-corrected chi connectivity index (χ3v) is 9.87. The van der Waals surface area contributed by atoms with Crippen LogP contribution in [0.15, 0.2) is 0 Å². The summed E-state index contributed by atoms with van der Waals surface area (Å²) in [4.78, 5) is 16.7. The van der Waals surface area contributed by atoms with Crippen molar-refractivity contribution in [3.05, 3.63) is 0 Å². The van der Waals surface area contributed by atoms with Crippen molar-refractivity contribution in [2.24, 2.45) is 0 Å². The van der Waals surface area contributed by atoms with Gasteiger partial charge in [-0.05, 0) is 50.5 Å². The van der Waals surface area contributed by atoms with Crippen LogP contribution in [0.3, 0.4) is 0 Å². The van der Waals surface area contributed by atoms with E-state index < -0.39 is 8.32 Å². The van der Waals surface area contributed by atoms with Crippen LogP contribution < -0.4 is 0 Å². The first-order chi connectivity index (χ1) is 10.7. The van der Waals surface area contributed by atoms with Crippen molar-refractivity contribution in [3.63, 3.8) is 0 Å². The minimum absolute atomic E-state index is 0.130. The summed E-state index contributed by atoms with van der Waals surface area (Å²) in [5.74, 6) is 6.51. The van der Waals surface area contributed by atoms with Gasteiger partial charge in [0.2, 0.25) is 0 Å². The molecular weight excluding hydrogens is 304 g/mol. The Labute approximate surface area is 142 Å². The predicted molar refractivity (Wildman–Crippen MR) is 96.7 cm³/mol. The average molecular weight is 337 g/mol. The molecule has 2 fully saturated rings. The minimum atomic E-state index is -1.89. The maximum Gasteiger partial charge on any atom is 0.251 e. The first-order valence-corrected chi connectivity index (χ1v) is 11.8. The summed E-state index contributed by atoms with van der Waals surface area (Å²) < 4.78 is 6.28. The Morgan fingerprint density at radius 1 is 1.13 bits per heavy atom. The van der Waals surface area contributed by atoms with E-state index in [0.29, 0.717) is 6.54 Å². The van der Waals surface area contributed by atoms with Gasteiger partial charge in [-0.2, -0.15) is 0 Å². The Morgan fingerprint density at radius 2 is 1.74 bits per heavy atom. The van der Waals surface area contributed by atoms with Crippen molar-refractivity contribution in [3.8, 4) is 11.8 Å². The van der Waals surface area contributed by atoms with E-state index in [-0.39, 0.29) is 17.0 Å². The highest BCUT2D eigenvalue weighted by Crippen LogP contribution is 2.38. The number of carbonyl (C=O) groups excluding carboxylic acids is 1. The number of amides is 1. The molecule has 1 unspecified atom stereocenters. The van der Waals surface area contributed by atoms with Crippen LogP contribution in [0.5, 0.6) is 0 Å². The van der Waals surface area contributed by atoms with Crippen LogP contribution >= 0.6 is 0 Å². The van der Waals surface area contributed by atoms with E-state index in [1.54, 1.807) is 0 Å². The lowest BCUT2D eigenvalue weighted by atomic mass is 10.2. The van der Waals surface area contributed by atoms with Gasteiger partial charge in [0.15, 0.2) is 8.32 Å². The number of carbonyl (C=O) groups is 1. The van der Waals surface area contributed by atoms with Gasteiger partial charge >= 0.3 is 0 Å². The summed E-state index contributed by atoms with van der Waals surface area (Å²) in [6, 6.07) is 0. The summed E-state index contributed by atoms with van der Waals surface area (Å²) in [6.07, 6.45) is 3.13. The Bertz CT molecular complexity index is 481. The highest BCUT2D eigenvalue weighted by Gasteiger charge is 2.43. The number of hydrogen-bond acceptors (Lipinski definition) is 3. The molecule has 1 amide bonds. The molecule has 130 valence electrons. The molecule has 0 aliphatic carbocycles. The maximum absolute atomic E-state index is 12.5. The molecule has 0 spiro atoms. The fraction of sp³-hybridized carbons (Fsp3) is 0.833. The third kappa shape index (κ3) is 4.82. The molecule has 0 aromatic heterocycles. The van der Waals surface area contributed by atoms with Gasteiger partial charge in [-0.1, -0.05) is 32.6 Å². The summed E-state index contributed by atoms with van der Waals surface area (Å²) in [5.41, 5.74) is 0. The number of likely N-dealkylation sites (tertiary alicyclic amines) is 2. The van der Waals surface area contributed by atoms with Crippen LogP contribution in [0.25, 0.3) is 0 Å². The molecule has 2 aliphatic rings. The lowest BCUT2D eigenvalue weighted by molar-refractivity contribution is -0.133. The van der Waals surface area contributed by atoms with Crippen molar-refractivity contribution in [1.29, 1.82) is 0 Å². The van der Waals surface area contributed by atoms with Crippen molar-refractivity contribution in [2.45, 2.75) is 64.3 Å². The quantitative estimate of drug-likeness (QED) is 0.584. The smallest absolute Gasteiger partial charge is 0.251 e. The average Bonchev–Trinajstić information content (AvgIpc) is 3.06. The van der Waals surface area contributed by atoms with Gasteiger partial charge in [-0.15, -0.1) is 0 Å². The van der Waals surface area contributed by atoms with Crippen LogP contribution in [0, 0.1) is 11.8 Å². The highest BCUT2D eigenvalue weighted by atomic mass is 28.4. The minimum Gasteiger partial charge on any atom is -0.405 e. The maximum atomic E-state index is 12.5. The second-order valence-corrected chi connectivity index (χ2v) is 13.0. The molecule has 0 aromatic carbocycles. The lowest BCUT2D eigenvalue weighted by Crippen LogP contribution is -2.46. The van der Waals surface area contributed by atoms with Crippen LogP contribution in [0.1, 0.15) is 40.0 Å². The molecular formula is C18H32N2O2Si. The van der Waals surface area contributed by atoms with E-state index in [1.165, 1.54) is 25.9 Å². The van der Waals surface area contributed by atoms with Crippen LogP contribution in [0.4, 0.5) is 0 Å². The molecule has 0 N–H and O–H groups in total. The summed E-state index contributed by atoms with van der Waals surface area (Å²) in [5, 5.41) is 0.135. The van der Waals surface area contributed by atoms with Crippen molar-refractivity contribution >= 4 is 14.2 Å². The van der Waals surface area contributed by atoms with E-state index >= 15 is 0 Å². The zero-order valence-electron chi connectivity index (χ0n) is 15.4. The van der Waals surface area contributed by atoms with E-state index in [0.717, 1.165) is 19.5 Å². The van der Waals surface area contributed by atoms with Gasteiger partial charge in [0.05, 0.1) is 13.1 Å². The molecule has 23 heavy (non-hydrogen) atoms. The van der Waals surface area contributed by atoms with Gasteiger partial charge < -0.3 is 9.33 Å². The first-order valence-electron chi connectivity index (χ1n) is 8.85. The third-order valence-electron chi connectivity index (χ3n) is 5.39. The molecule has 5 heteroatoms. The molecule has 0 aromatic rings. The van der Waals surface area contributed by atoms with Gasteiger partial charge in [-0.25, -0.2) is 0 Å². The topological polar surface area (TPSA) is 32.8 Å². The summed E-state index contributed by atoms with van der Waals surface area (Å²) >= 11 is 0. The molecule has 2 aliphatic heterocycles. The molecule has 4 nitrogen and oxygen atoms in total. The van der Waals surface area contributed by atoms with E-state index in [9.17, 15) is 4.79 Å². The van der Waals surface area contributed by atoms with E-state index in [1.807, 2.05) is 4.90 Å². The Balaban J connectivity index is 1.81. The van der Waals surface area contributed by atoms with Crippen LogP contribution in [-0.2, 0) is 9.22 Å². The zero-order valence-corrected chi connectivity index (χ0v) is 16.4. The first kappa shape index (κ1) is 18.5. The standard InChI is InChI=1S/C18H32N2O2Si/c1-18(2,3)23(4,5)22-16-10-15-20(17(16)21)14-9-8-13-19-11-6-7-12-19/h16H,6-7,10-15H2,1-5H3. The van der Waals surface area contributed by atoms with E-state index in [2.05, 4.69) is 50.6 Å². The summed E-state index contributed by atoms with van der Waals surface area (Å²) in [6.45, 7) is 15.5. The Hall–Kier alpha value is -0.833. The van der Waals surface area contributed by atoms with Crippen molar-refractivity contribution < 1.29 is 9.22 Å². The molecule has 2 rings (SSSR count). The van der Waals surface area contributed by atoms with Gasteiger partial charge in [0.1, 0.15) is 6.10 Å². The second-order valence-electron chi connectivity index (χ2n) is 8.25. The van der Waals surface area contributed by atoms with Gasteiger partial charge in [0.25, 0.3) is 5.91 Å². The SMILES string of the molecule is CC(C)(C)[Si](C)(C)OC1CCN(CC#CCN2CCCC2)C1=O. The molecule has 0 bridgehead atoms. The second kappa shape index (κ2) is 7.37. The van der Waals surface area contributed by atoms with E-state index in [4.69, 9.17) is 4.43 Å². The fourth-order valence-electron chi connectivity index (χ4n) is 2.77. The molecule has 2 heterocycles. The Morgan fingerprint density at radius 3 is 2.35 bits per heavy atom. The monoisotopic (exact) mass is 336 g/mol. The lowest BCUT2D eigenvalue weighted by Gasteiger charge is -2.37. The van der Waals surface area contributed by atoms with Crippen LogP contribution in [0.2, 0.25) is 18.1 Å². The molecule has 1 atom stereocenters. The largest absolute Gasteiger partial charge is 0.405 e. The van der Waals surface area contributed by atoms with Gasteiger partial charge in [0, 0.05) is 6.54 Å².